The van der Waals surface area contributed by atoms with Crippen molar-refractivity contribution >= 4 is 46.2 Å². The number of H-pyrrole nitrogens is 1. The maximum absolute atomic E-state index is 13.4. The Morgan fingerprint density at radius 1 is 1.14 bits per heavy atom. The molecule has 1 aromatic carbocycles. The third-order valence-corrected chi connectivity index (χ3v) is 6.59. The molecular formula is C26H35ClN4O6. The van der Waals surface area contributed by atoms with Crippen LogP contribution in [0.5, 0.6) is 5.75 Å². The van der Waals surface area contributed by atoms with Gasteiger partial charge < -0.3 is 30.4 Å². The van der Waals surface area contributed by atoms with Crippen LogP contribution < -0.4 is 20.7 Å². The number of nitrogens with one attached hydrogen (secondary N) is 4. The van der Waals surface area contributed by atoms with Crippen molar-refractivity contribution in [3.05, 3.63) is 28.9 Å². The van der Waals surface area contributed by atoms with Gasteiger partial charge in [-0.3, -0.25) is 14.4 Å². The second-order valence-corrected chi connectivity index (χ2v) is 10.9. The van der Waals surface area contributed by atoms with Gasteiger partial charge in [0.2, 0.25) is 11.8 Å². The van der Waals surface area contributed by atoms with Crippen molar-refractivity contribution in [1.29, 1.82) is 0 Å². The number of amides is 3. The normalized spacial score (nSPS) is 17.5. The van der Waals surface area contributed by atoms with E-state index in [1.54, 1.807) is 18.2 Å². The number of methoxy groups -OCH3 is 2. The molecule has 10 nitrogen and oxygen atoms in total. The van der Waals surface area contributed by atoms with Gasteiger partial charge >= 0.3 is 5.97 Å². The highest BCUT2D eigenvalue weighted by Gasteiger charge is 2.34. The van der Waals surface area contributed by atoms with Crippen molar-refractivity contribution in [2.45, 2.75) is 58.5 Å². The summed E-state index contributed by atoms with van der Waals surface area (Å²) in [6.07, 6.45) is 1.83. The molecule has 4 N–H and O–H groups in total. The van der Waals surface area contributed by atoms with E-state index in [-0.39, 0.29) is 23.4 Å². The minimum absolute atomic E-state index is 0.114. The lowest BCUT2D eigenvalue weighted by Crippen LogP contribution is -2.54. The Hall–Kier alpha value is -3.27. The lowest BCUT2D eigenvalue weighted by Gasteiger charge is -2.29. The van der Waals surface area contributed by atoms with Crippen molar-refractivity contribution in [3.63, 3.8) is 0 Å². The average Bonchev–Trinajstić information content (AvgIpc) is 3.28. The molecule has 202 valence electrons. The highest BCUT2D eigenvalue weighted by atomic mass is 35.5. The third-order valence-electron chi connectivity index (χ3n) is 6.29. The lowest BCUT2D eigenvalue weighted by atomic mass is 9.87. The number of aromatic amines is 1. The van der Waals surface area contributed by atoms with Gasteiger partial charge in [-0.2, -0.15) is 0 Å². The smallest absolute Gasteiger partial charge is 0.328 e. The Balaban J connectivity index is 1.80. The fraction of sp³-hybridized carbons (Fsp3) is 0.538. The Labute approximate surface area is 221 Å². The summed E-state index contributed by atoms with van der Waals surface area (Å²) in [5, 5.41) is 9.36. The molecule has 0 aliphatic carbocycles. The van der Waals surface area contributed by atoms with E-state index in [0.29, 0.717) is 41.1 Å². The summed E-state index contributed by atoms with van der Waals surface area (Å²) >= 11 is 6.31. The van der Waals surface area contributed by atoms with Crippen molar-refractivity contribution in [2.24, 2.45) is 11.3 Å². The van der Waals surface area contributed by atoms with E-state index in [1.165, 1.54) is 14.2 Å². The Bertz CT molecular complexity index is 1170. The number of hydrogen-bond acceptors (Lipinski definition) is 6. The number of piperidine rings is 1. The van der Waals surface area contributed by atoms with Crippen LogP contribution in [0.2, 0.25) is 5.02 Å². The monoisotopic (exact) mass is 534 g/mol. The van der Waals surface area contributed by atoms with Crippen molar-refractivity contribution in [2.75, 3.05) is 20.8 Å². The zero-order valence-corrected chi connectivity index (χ0v) is 22.6. The van der Waals surface area contributed by atoms with Gasteiger partial charge in [-0.05, 0) is 43.2 Å². The molecule has 1 aliphatic rings. The number of carbonyl (C=O) groups excluding carboxylic acids is 4. The molecule has 0 saturated carbocycles. The number of fused-ring (bicyclic) bond motifs is 1. The molecule has 0 spiro atoms. The van der Waals surface area contributed by atoms with Gasteiger partial charge in [0.15, 0.2) is 0 Å². The van der Waals surface area contributed by atoms with Crippen LogP contribution in [-0.4, -0.2) is 61.5 Å². The van der Waals surface area contributed by atoms with Crippen LogP contribution in [0, 0.1) is 11.3 Å². The van der Waals surface area contributed by atoms with Crippen LogP contribution in [-0.2, 0) is 19.1 Å². The fourth-order valence-electron chi connectivity index (χ4n) is 4.45. The van der Waals surface area contributed by atoms with Gasteiger partial charge in [0, 0.05) is 23.9 Å². The molecule has 0 bridgehead atoms. The van der Waals surface area contributed by atoms with E-state index in [0.717, 1.165) is 6.42 Å². The first-order chi connectivity index (χ1) is 17.4. The minimum atomic E-state index is -1.02. The van der Waals surface area contributed by atoms with E-state index in [9.17, 15) is 19.2 Å². The van der Waals surface area contributed by atoms with Gasteiger partial charge in [0.25, 0.3) is 5.91 Å². The largest absolute Gasteiger partial charge is 0.497 e. The number of hydrogen-bond donors (Lipinski definition) is 4. The molecule has 2 aromatic rings. The number of ether oxygens (including phenoxy) is 2. The van der Waals surface area contributed by atoms with Crippen LogP contribution in [0.1, 0.15) is 56.9 Å². The summed E-state index contributed by atoms with van der Waals surface area (Å²) in [5.41, 5.74) is 0.470. The van der Waals surface area contributed by atoms with Gasteiger partial charge in [-0.25, -0.2) is 4.79 Å². The summed E-state index contributed by atoms with van der Waals surface area (Å²) in [5.74, 6) is -1.70. The maximum Gasteiger partial charge on any atom is 0.328 e. The number of benzene rings is 1. The van der Waals surface area contributed by atoms with E-state index >= 15 is 0 Å². The van der Waals surface area contributed by atoms with Crippen molar-refractivity contribution < 1.29 is 28.7 Å². The predicted molar refractivity (Wildman–Crippen MR) is 139 cm³/mol. The van der Waals surface area contributed by atoms with Gasteiger partial charge in [0.05, 0.1) is 24.8 Å². The lowest BCUT2D eigenvalue weighted by molar-refractivity contribution is -0.146. The summed E-state index contributed by atoms with van der Waals surface area (Å²) in [4.78, 5) is 54.3. The SMILES string of the molecule is COC(=O)[C@H](C[C@@H]1CCCNC1=O)NC(=O)[C@H](CC(C)(C)C)NC(=O)c1cc2cc(OC)cc(Cl)c2[nH]1. The molecule has 3 rings (SSSR count). The first-order valence-electron chi connectivity index (χ1n) is 12.2. The van der Waals surface area contributed by atoms with Gasteiger partial charge in [0.1, 0.15) is 23.5 Å². The molecule has 37 heavy (non-hydrogen) atoms. The number of aromatic nitrogens is 1. The second-order valence-electron chi connectivity index (χ2n) is 10.5. The Morgan fingerprint density at radius 3 is 2.49 bits per heavy atom. The van der Waals surface area contributed by atoms with Crippen LogP contribution in [0.25, 0.3) is 10.9 Å². The van der Waals surface area contributed by atoms with E-state index in [2.05, 4.69) is 20.9 Å². The molecule has 11 heteroatoms. The highest BCUT2D eigenvalue weighted by molar-refractivity contribution is 6.35. The zero-order valence-electron chi connectivity index (χ0n) is 21.8. The molecule has 3 amide bonds. The van der Waals surface area contributed by atoms with Crippen LogP contribution >= 0.6 is 11.6 Å². The van der Waals surface area contributed by atoms with Crippen molar-refractivity contribution in [1.82, 2.24) is 20.9 Å². The van der Waals surface area contributed by atoms with Crippen molar-refractivity contribution in [3.8, 4) is 5.75 Å². The minimum Gasteiger partial charge on any atom is -0.497 e. The summed E-state index contributed by atoms with van der Waals surface area (Å²) in [7, 11) is 2.75. The van der Waals surface area contributed by atoms with Crippen LogP contribution in [0.15, 0.2) is 18.2 Å². The molecule has 0 radical (unpaired) electrons. The molecule has 0 unspecified atom stereocenters. The molecule has 1 aromatic heterocycles. The summed E-state index contributed by atoms with van der Waals surface area (Å²) in [6.45, 7) is 6.42. The Morgan fingerprint density at radius 2 is 1.86 bits per heavy atom. The number of halogens is 1. The molecule has 1 saturated heterocycles. The van der Waals surface area contributed by atoms with Gasteiger partial charge in [-0.15, -0.1) is 0 Å². The van der Waals surface area contributed by atoms with E-state index < -0.39 is 35.8 Å². The second kappa shape index (κ2) is 11.9. The van der Waals surface area contributed by atoms with Gasteiger partial charge in [-0.1, -0.05) is 32.4 Å². The van der Waals surface area contributed by atoms with Crippen LogP contribution in [0.4, 0.5) is 0 Å². The molecule has 1 fully saturated rings. The topological polar surface area (TPSA) is 139 Å². The first kappa shape index (κ1) is 28.3. The van der Waals surface area contributed by atoms with E-state index in [4.69, 9.17) is 21.1 Å². The summed E-state index contributed by atoms with van der Waals surface area (Å²) in [6, 6.07) is 3.04. The average molecular weight is 535 g/mol. The zero-order chi connectivity index (χ0) is 27.3. The number of rotatable bonds is 9. The quantitative estimate of drug-likeness (QED) is 0.365. The van der Waals surface area contributed by atoms with E-state index in [1.807, 2.05) is 20.8 Å². The molecule has 2 heterocycles. The molecular weight excluding hydrogens is 500 g/mol. The number of carbonyl (C=O) groups is 4. The first-order valence-corrected chi connectivity index (χ1v) is 12.6. The maximum atomic E-state index is 13.4. The molecule has 1 aliphatic heterocycles. The molecule has 3 atom stereocenters. The summed E-state index contributed by atoms with van der Waals surface area (Å²) < 4.78 is 10.1. The number of esters is 1. The highest BCUT2D eigenvalue weighted by Crippen LogP contribution is 2.29. The van der Waals surface area contributed by atoms with Crippen LogP contribution in [0.3, 0.4) is 0 Å². The Kier molecular flexibility index (Phi) is 9.07. The predicted octanol–water partition coefficient (Wildman–Crippen LogP) is 2.94. The standard InChI is InChI=1S/C26H35ClN4O6/c1-26(2,3)13-20(24(34)30-19(25(35)37-5)10-14-7-6-8-28-22(14)32)31-23(33)18-11-15-9-16(36-4)12-17(27)21(15)29-18/h9,11-12,14,19-20,29H,6-8,10,13H2,1-5H3,(H,28,32)(H,30,34)(H,31,33)/t14-,19-,20-/m0/s1. The third kappa shape index (κ3) is 7.38. The fourth-order valence-corrected chi connectivity index (χ4v) is 4.71.